The Morgan fingerprint density at radius 1 is 1.02 bits per heavy atom. The van der Waals surface area contributed by atoms with E-state index in [1.54, 1.807) is 32.0 Å². The lowest BCUT2D eigenvalue weighted by atomic mass is 9.94. The number of nitrogens with zero attached hydrogens (tertiary/aromatic N) is 4. The first-order valence-electron chi connectivity index (χ1n) is 13.2. The second kappa shape index (κ2) is 11.8. The third kappa shape index (κ3) is 5.26. The van der Waals surface area contributed by atoms with Gasteiger partial charge in [-0.3, -0.25) is 14.5 Å². The van der Waals surface area contributed by atoms with Crippen LogP contribution in [0.3, 0.4) is 0 Å². The number of benzene rings is 3. The van der Waals surface area contributed by atoms with Crippen molar-refractivity contribution in [2.24, 2.45) is 0 Å². The minimum absolute atomic E-state index is 0.0801. The van der Waals surface area contributed by atoms with E-state index in [1.807, 2.05) is 18.2 Å². The fraction of sp³-hybridized carbons (Fsp3) is 0.194. The summed E-state index contributed by atoms with van der Waals surface area (Å²) in [4.78, 5) is 33.8. The number of amides is 1. The molecule has 0 fully saturated rings. The van der Waals surface area contributed by atoms with Crippen LogP contribution in [0.1, 0.15) is 37.5 Å². The van der Waals surface area contributed by atoms with Gasteiger partial charge in [-0.25, -0.2) is 4.98 Å². The molecule has 0 saturated heterocycles. The van der Waals surface area contributed by atoms with Crippen LogP contribution in [-0.4, -0.2) is 46.2 Å². The summed E-state index contributed by atoms with van der Waals surface area (Å²) in [5, 5.41) is 23.2. The summed E-state index contributed by atoms with van der Waals surface area (Å²) < 4.78 is 11.7. The number of aliphatic hydroxyl groups excluding tert-OH is 1. The Morgan fingerprint density at radius 3 is 2.56 bits per heavy atom. The maximum Gasteiger partial charge on any atom is 0.296 e. The lowest BCUT2D eigenvalue weighted by Gasteiger charge is -2.25. The largest absolute Gasteiger partial charge is 0.503 e. The van der Waals surface area contributed by atoms with Gasteiger partial charge in [0.15, 0.2) is 10.1 Å². The molecule has 1 amide bonds. The third-order valence-electron chi connectivity index (χ3n) is 7.13. The first kappa shape index (κ1) is 28.8. The number of aromatic nitrogens is 3. The topological polar surface area (TPSA) is 115 Å². The first-order chi connectivity index (χ1) is 20.8. The van der Waals surface area contributed by atoms with E-state index in [9.17, 15) is 14.7 Å². The number of ether oxygens (including phenoxy) is 2. The molecule has 9 nitrogen and oxygen atoms in total. The van der Waals surface area contributed by atoms with Crippen LogP contribution in [0.25, 0.3) is 10.8 Å². The highest BCUT2D eigenvalue weighted by Gasteiger charge is 2.48. The predicted molar refractivity (Wildman–Crippen MR) is 169 cm³/mol. The van der Waals surface area contributed by atoms with E-state index >= 15 is 0 Å². The molecule has 0 aliphatic carbocycles. The molecular weight excluding hydrogens is 605 g/mol. The Balaban J connectivity index is 1.40. The minimum Gasteiger partial charge on any atom is -0.503 e. The number of aryl methyl sites for hydroxylation is 2. The number of carbonyl (C=O) groups excluding carboxylic acids is 2. The highest BCUT2D eigenvalue weighted by atomic mass is 32.2. The van der Waals surface area contributed by atoms with Gasteiger partial charge in [0.25, 0.3) is 5.91 Å². The van der Waals surface area contributed by atoms with Crippen LogP contribution in [0.5, 0.6) is 11.5 Å². The maximum absolute atomic E-state index is 14.0. The van der Waals surface area contributed by atoms with Gasteiger partial charge < -0.3 is 14.6 Å². The van der Waals surface area contributed by atoms with Crippen LogP contribution < -0.4 is 14.4 Å². The van der Waals surface area contributed by atoms with Crippen LogP contribution in [0, 0.1) is 13.8 Å². The third-order valence-corrected chi connectivity index (χ3v) is 10.3. The molecule has 6 rings (SSSR count). The van der Waals surface area contributed by atoms with Crippen molar-refractivity contribution in [2.45, 2.75) is 30.0 Å². The average molecular weight is 631 g/mol. The number of hydrogen-bond donors (Lipinski definition) is 1. The van der Waals surface area contributed by atoms with Crippen molar-refractivity contribution in [3.05, 3.63) is 98.7 Å². The molecule has 1 atom stereocenters. The van der Waals surface area contributed by atoms with Gasteiger partial charge in [-0.1, -0.05) is 65.6 Å². The minimum atomic E-state index is -1.05. The number of carbonyl (C=O) groups is 2. The van der Waals surface area contributed by atoms with Crippen molar-refractivity contribution in [2.75, 3.05) is 19.1 Å². The van der Waals surface area contributed by atoms with E-state index in [4.69, 9.17) is 9.47 Å². The Labute approximate surface area is 259 Å². The van der Waals surface area contributed by atoms with Gasteiger partial charge in [-0.15, -0.1) is 21.5 Å². The molecule has 2 aromatic heterocycles. The number of thioether (sulfide) groups is 1. The van der Waals surface area contributed by atoms with Gasteiger partial charge in [-0.2, -0.15) is 0 Å². The number of rotatable bonds is 9. The smallest absolute Gasteiger partial charge is 0.296 e. The zero-order valence-corrected chi connectivity index (χ0v) is 26.1. The monoisotopic (exact) mass is 630 g/mol. The fourth-order valence-corrected chi connectivity index (χ4v) is 7.91. The van der Waals surface area contributed by atoms with Crippen molar-refractivity contribution in [1.82, 2.24) is 15.2 Å². The predicted octanol–water partition coefficient (Wildman–Crippen LogP) is 6.86. The van der Waals surface area contributed by atoms with E-state index in [1.165, 1.54) is 53.6 Å². The highest BCUT2D eigenvalue weighted by molar-refractivity contribution is 8.00. The standard InChI is InChI=1S/C31H26N4O5S3/c1-16-28(42-17(2)32-16)26(36)24-25(22-14-20(39-3)12-13-23(22)40-4)35(29(38)27(24)37)30-33-34-31(43-30)41-15-19-10-7-9-18-8-5-6-11-21(18)19/h5-14,25,37H,15H2,1-4H3. The molecule has 1 N–H and O–H groups in total. The van der Waals surface area contributed by atoms with Crippen molar-refractivity contribution >= 4 is 62.0 Å². The number of ketones is 1. The summed E-state index contributed by atoms with van der Waals surface area (Å²) in [6.45, 7) is 3.53. The molecule has 1 aliphatic heterocycles. The quantitative estimate of drug-likeness (QED) is 0.106. The molecule has 3 aromatic carbocycles. The highest BCUT2D eigenvalue weighted by Crippen LogP contribution is 2.47. The molecule has 43 heavy (non-hydrogen) atoms. The van der Waals surface area contributed by atoms with Gasteiger partial charge in [0.05, 0.1) is 35.4 Å². The van der Waals surface area contributed by atoms with Crippen molar-refractivity contribution < 1.29 is 24.2 Å². The lowest BCUT2D eigenvalue weighted by Crippen LogP contribution is -2.31. The molecule has 3 heterocycles. The number of methoxy groups -OCH3 is 2. The molecular formula is C31H26N4O5S3. The van der Waals surface area contributed by atoms with E-state index in [-0.39, 0.29) is 10.7 Å². The average Bonchev–Trinajstić information content (AvgIpc) is 3.70. The summed E-state index contributed by atoms with van der Waals surface area (Å²) in [5.74, 6) is -0.328. The summed E-state index contributed by atoms with van der Waals surface area (Å²) in [5.41, 5.74) is 2.06. The second-order valence-electron chi connectivity index (χ2n) is 9.70. The van der Waals surface area contributed by atoms with Crippen molar-refractivity contribution in [3.8, 4) is 11.5 Å². The molecule has 0 saturated carbocycles. The van der Waals surface area contributed by atoms with Crippen LogP contribution >= 0.6 is 34.4 Å². The Hall–Kier alpha value is -4.26. The maximum atomic E-state index is 14.0. The summed E-state index contributed by atoms with van der Waals surface area (Å²) in [6, 6.07) is 18.4. The van der Waals surface area contributed by atoms with Crippen LogP contribution in [0.15, 0.2) is 76.3 Å². The van der Waals surface area contributed by atoms with Crippen LogP contribution in [-0.2, 0) is 10.5 Å². The van der Waals surface area contributed by atoms with Gasteiger partial charge in [0, 0.05) is 11.3 Å². The Kier molecular flexibility index (Phi) is 7.91. The molecule has 12 heteroatoms. The number of anilines is 1. The van der Waals surface area contributed by atoms with Crippen LogP contribution in [0.4, 0.5) is 5.13 Å². The zero-order valence-electron chi connectivity index (χ0n) is 23.7. The Bertz CT molecular complexity index is 1910. The van der Waals surface area contributed by atoms with Crippen LogP contribution in [0.2, 0.25) is 0 Å². The number of thiazole rings is 1. The SMILES string of the molecule is COc1ccc(OC)c(C2C(C(=O)c3sc(C)nc3C)=C(O)C(=O)N2c2nnc(SCc3cccc4ccccc34)s2)c1. The van der Waals surface area contributed by atoms with E-state index in [0.29, 0.717) is 42.7 Å². The molecule has 218 valence electrons. The molecule has 1 aliphatic rings. The lowest BCUT2D eigenvalue weighted by molar-refractivity contribution is -0.117. The number of hydrogen-bond acceptors (Lipinski definition) is 11. The molecule has 0 bridgehead atoms. The first-order valence-corrected chi connectivity index (χ1v) is 15.8. The second-order valence-corrected chi connectivity index (χ2v) is 13.1. The van der Waals surface area contributed by atoms with Gasteiger partial charge in [-0.05, 0) is 48.4 Å². The van der Waals surface area contributed by atoms with Crippen molar-refractivity contribution in [1.29, 1.82) is 0 Å². The molecule has 0 radical (unpaired) electrons. The molecule has 5 aromatic rings. The summed E-state index contributed by atoms with van der Waals surface area (Å²) >= 11 is 3.93. The fourth-order valence-electron chi connectivity index (χ4n) is 5.16. The van der Waals surface area contributed by atoms with E-state index < -0.39 is 23.5 Å². The summed E-state index contributed by atoms with van der Waals surface area (Å²) in [6.07, 6.45) is 0. The number of fused-ring (bicyclic) bond motifs is 1. The van der Waals surface area contributed by atoms with E-state index in [0.717, 1.165) is 16.3 Å². The van der Waals surface area contributed by atoms with Crippen molar-refractivity contribution in [3.63, 3.8) is 0 Å². The molecule has 0 spiro atoms. The molecule has 1 unspecified atom stereocenters. The van der Waals surface area contributed by atoms with Gasteiger partial charge in [0.1, 0.15) is 17.5 Å². The Morgan fingerprint density at radius 2 is 1.81 bits per heavy atom. The van der Waals surface area contributed by atoms with Gasteiger partial charge >= 0.3 is 0 Å². The normalized spacial score (nSPS) is 15.0. The number of aliphatic hydroxyl groups is 1. The summed E-state index contributed by atoms with van der Waals surface area (Å²) in [7, 11) is 3.03. The number of Topliss-reactive ketones (excluding diaryl/α,β-unsaturated/α-hetero) is 1. The zero-order chi connectivity index (χ0) is 30.2. The van der Waals surface area contributed by atoms with E-state index in [2.05, 4.69) is 39.4 Å². The van der Waals surface area contributed by atoms with Gasteiger partial charge in [0.2, 0.25) is 10.9 Å².